The summed E-state index contributed by atoms with van der Waals surface area (Å²) in [5, 5.41) is 3.75. The van der Waals surface area contributed by atoms with E-state index in [1.165, 1.54) is 38.8 Å². The van der Waals surface area contributed by atoms with Crippen molar-refractivity contribution in [2.45, 2.75) is 64.5 Å². The second-order valence-corrected chi connectivity index (χ2v) is 8.27. The summed E-state index contributed by atoms with van der Waals surface area (Å²) in [4.78, 5) is 16.5. The molecule has 0 aliphatic carbocycles. The Kier molecular flexibility index (Phi) is 6.72. The lowest BCUT2D eigenvalue weighted by Crippen LogP contribution is -2.46. The van der Waals surface area contributed by atoms with Crippen molar-refractivity contribution in [3.05, 3.63) is 0 Å². The fraction of sp³-hybridized carbons (Fsp3) is 0.944. The maximum absolute atomic E-state index is 12.2. The number of hydrogen-bond acceptors (Lipinski definition) is 4. The molecule has 2 atom stereocenters. The molecule has 23 heavy (non-hydrogen) atoms. The summed E-state index contributed by atoms with van der Waals surface area (Å²) in [5.41, 5.74) is -0.408. The predicted molar refractivity (Wildman–Crippen MR) is 93.7 cm³/mol. The van der Waals surface area contributed by atoms with Gasteiger partial charge in [-0.25, -0.2) is 4.79 Å². The third-order valence-electron chi connectivity index (χ3n) is 4.82. The highest BCUT2D eigenvalue weighted by Crippen LogP contribution is 2.19. The summed E-state index contributed by atoms with van der Waals surface area (Å²) in [5.74, 6) is 0.553. The number of ether oxygens (including phenoxy) is 1. The molecule has 2 rings (SSSR count). The fourth-order valence-electron chi connectivity index (χ4n) is 3.50. The molecule has 2 aliphatic rings. The van der Waals surface area contributed by atoms with Crippen LogP contribution in [0.3, 0.4) is 0 Å². The molecule has 2 unspecified atom stereocenters. The topological polar surface area (TPSA) is 44.8 Å². The molecule has 1 N–H and O–H groups in total. The molecule has 5 nitrogen and oxygen atoms in total. The molecule has 0 radical (unpaired) electrons. The minimum Gasteiger partial charge on any atom is -0.444 e. The van der Waals surface area contributed by atoms with Gasteiger partial charge in [0.1, 0.15) is 5.60 Å². The Morgan fingerprint density at radius 1 is 1.13 bits per heavy atom. The fourth-order valence-corrected chi connectivity index (χ4v) is 3.50. The van der Waals surface area contributed by atoms with Crippen molar-refractivity contribution < 1.29 is 9.53 Å². The highest BCUT2D eigenvalue weighted by atomic mass is 16.6. The number of likely N-dealkylation sites (tertiary alicyclic amines) is 2. The van der Waals surface area contributed by atoms with Crippen molar-refractivity contribution in [1.29, 1.82) is 0 Å². The van der Waals surface area contributed by atoms with E-state index in [-0.39, 0.29) is 6.09 Å². The number of rotatable bonds is 3. The number of amides is 1. The predicted octanol–water partition coefficient (Wildman–Crippen LogP) is 2.71. The molecule has 0 spiro atoms. The van der Waals surface area contributed by atoms with Gasteiger partial charge in [-0.1, -0.05) is 0 Å². The lowest BCUT2D eigenvalue weighted by molar-refractivity contribution is 0.0165. The number of nitrogens with zero attached hydrogens (tertiary/aromatic N) is 2. The Morgan fingerprint density at radius 3 is 2.61 bits per heavy atom. The number of carbonyl (C=O) groups is 1. The molecule has 0 saturated carbocycles. The second-order valence-electron chi connectivity index (χ2n) is 8.27. The van der Waals surface area contributed by atoms with E-state index in [0.717, 1.165) is 26.1 Å². The van der Waals surface area contributed by atoms with Crippen LogP contribution in [-0.2, 0) is 4.74 Å². The van der Waals surface area contributed by atoms with Crippen LogP contribution in [0.5, 0.6) is 0 Å². The van der Waals surface area contributed by atoms with Gasteiger partial charge < -0.3 is 19.9 Å². The Morgan fingerprint density at radius 2 is 1.87 bits per heavy atom. The summed E-state index contributed by atoms with van der Waals surface area (Å²) in [7, 11) is 2.21. The van der Waals surface area contributed by atoms with Gasteiger partial charge in [0.2, 0.25) is 0 Å². The lowest BCUT2D eigenvalue weighted by Gasteiger charge is -2.34. The molecule has 0 aromatic rings. The van der Waals surface area contributed by atoms with E-state index in [2.05, 4.69) is 17.3 Å². The van der Waals surface area contributed by atoms with E-state index < -0.39 is 5.60 Å². The highest BCUT2D eigenvalue weighted by Gasteiger charge is 2.28. The molecule has 2 aliphatic heterocycles. The van der Waals surface area contributed by atoms with Gasteiger partial charge >= 0.3 is 6.09 Å². The van der Waals surface area contributed by atoms with Gasteiger partial charge in [0.25, 0.3) is 0 Å². The van der Waals surface area contributed by atoms with E-state index in [0.29, 0.717) is 12.0 Å². The first-order chi connectivity index (χ1) is 10.8. The molecule has 2 fully saturated rings. The van der Waals surface area contributed by atoms with Crippen molar-refractivity contribution >= 4 is 6.09 Å². The van der Waals surface area contributed by atoms with Gasteiger partial charge in [0, 0.05) is 19.1 Å². The average Bonchev–Trinajstić information content (AvgIpc) is 2.68. The van der Waals surface area contributed by atoms with E-state index in [1.807, 2.05) is 25.7 Å². The number of nitrogens with one attached hydrogen (secondary N) is 1. The second kappa shape index (κ2) is 8.34. The Hall–Kier alpha value is -0.810. The zero-order valence-corrected chi connectivity index (χ0v) is 15.4. The van der Waals surface area contributed by atoms with Crippen LogP contribution in [0.1, 0.15) is 52.9 Å². The molecule has 0 bridgehead atoms. The highest BCUT2D eigenvalue weighted by molar-refractivity contribution is 5.68. The quantitative estimate of drug-likeness (QED) is 0.866. The third-order valence-corrected chi connectivity index (χ3v) is 4.82. The van der Waals surface area contributed by atoms with E-state index >= 15 is 0 Å². The normalized spacial score (nSPS) is 27.6. The van der Waals surface area contributed by atoms with Crippen LogP contribution in [-0.4, -0.2) is 67.3 Å². The van der Waals surface area contributed by atoms with Crippen molar-refractivity contribution in [2.24, 2.45) is 5.92 Å². The van der Waals surface area contributed by atoms with Gasteiger partial charge in [0.05, 0.1) is 0 Å². The zero-order valence-electron chi connectivity index (χ0n) is 15.4. The third kappa shape index (κ3) is 6.68. The van der Waals surface area contributed by atoms with E-state index in [4.69, 9.17) is 4.74 Å². The monoisotopic (exact) mass is 325 g/mol. The first-order valence-corrected chi connectivity index (χ1v) is 9.23. The number of carbonyl (C=O) groups excluding carboxylic acids is 1. The molecule has 0 aromatic carbocycles. The summed E-state index contributed by atoms with van der Waals surface area (Å²) < 4.78 is 5.51. The Labute approximate surface area is 141 Å². The molecule has 2 saturated heterocycles. The minimum absolute atomic E-state index is 0.154. The molecule has 134 valence electrons. The van der Waals surface area contributed by atoms with Crippen LogP contribution in [0.2, 0.25) is 0 Å². The Balaban J connectivity index is 1.74. The summed E-state index contributed by atoms with van der Waals surface area (Å²) in [6.45, 7) is 10.9. The summed E-state index contributed by atoms with van der Waals surface area (Å²) in [6, 6.07) is 0.636. The lowest BCUT2D eigenvalue weighted by atomic mass is 9.97. The molecular formula is C18H35N3O2. The molecule has 1 amide bonds. The smallest absolute Gasteiger partial charge is 0.410 e. The maximum Gasteiger partial charge on any atom is 0.410 e. The summed E-state index contributed by atoms with van der Waals surface area (Å²) >= 11 is 0. The van der Waals surface area contributed by atoms with Gasteiger partial charge in [-0.15, -0.1) is 0 Å². The molecule has 2 heterocycles. The molecular weight excluding hydrogens is 290 g/mol. The van der Waals surface area contributed by atoms with Gasteiger partial charge in [-0.2, -0.15) is 0 Å². The van der Waals surface area contributed by atoms with Crippen LogP contribution in [0.4, 0.5) is 4.79 Å². The van der Waals surface area contributed by atoms with Crippen LogP contribution in [0, 0.1) is 5.92 Å². The van der Waals surface area contributed by atoms with Crippen molar-refractivity contribution in [3.8, 4) is 0 Å². The average molecular weight is 325 g/mol. The number of piperidine rings is 1. The van der Waals surface area contributed by atoms with Crippen molar-refractivity contribution in [3.63, 3.8) is 0 Å². The first kappa shape index (κ1) is 18.5. The van der Waals surface area contributed by atoms with Crippen molar-refractivity contribution in [1.82, 2.24) is 15.1 Å². The van der Waals surface area contributed by atoms with Crippen molar-refractivity contribution in [2.75, 3.05) is 39.8 Å². The molecule has 0 aromatic heterocycles. The minimum atomic E-state index is -0.408. The van der Waals surface area contributed by atoms with Crippen LogP contribution < -0.4 is 5.32 Å². The number of hydrogen-bond donors (Lipinski definition) is 1. The van der Waals surface area contributed by atoms with Crippen LogP contribution >= 0.6 is 0 Å². The van der Waals surface area contributed by atoms with E-state index in [9.17, 15) is 4.79 Å². The van der Waals surface area contributed by atoms with E-state index in [1.54, 1.807) is 0 Å². The largest absolute Gasteiger partial charge is 0.444 e. The standard InChI is InChI=1S/C18H35N3O2/c1-18(2,3)23-17(22)21-11-5-7-15(14-21)13-19-16-8-6-10-20(4)12-9-16/h15-16,19H,5-14H2,1-4H3. The Bertz CT molecular complexity index is 381. The van der Waals surface area contributed by atoms with Gasteiger partial charge in [-0.3, -0.25) is 0 Å². The first-order valence-electron chi connectivity index (χ1n) is 9.23. The summed E-state index contributed by atoms with van der Waals surface area (Å²) in [6.07, 6.45) is 5.92. The van der Waals surface area contributed by atoms with Gasteiger partial charge in [-0.05, 0) is 85.5 Å². The SMILES string of the molecule is CN1CCCC(NCC2CCCN(C(=O)OC(C)(C)C)C2)CC1. The van der Waals surface area contributed by atoms with Crippen LogP contribution in [0.25, 0.3) is 0 Å². The maximum atomic E-state index is 12.2. The zero-order chi connectivity index (χ0) is 16.9. The molecule has 5 heteroatoms. The van der Waals surface area contributed by atoms with Gasteiger partial charge in [0.15, 0.2) is 0 Å². The van der Waals surface area contributed by atoms with Crippen LogP contribution in [0.15, 0.2) is 0 Å².